The smallest absolute Gasteiger partial charge is 0.259 e. The maximum Gasteiger partial charge on any atom is 0.259 e. The number of nitrogens with zero attached hydrogens (tertiary/aromatic N) is 2. The summed E-state index contributed by atoms with van der Waals surface area (Å²) in [5, 5.41) is 0. The predicted octanol–water partition coefficient (Wildman–Crippen LogP) is 1.74. The van der Waals surface area contributed by atoms with Gasteiger partial charge >= 0.3 is 0 Å². The summed E-state index contributed by atoms with van der Waals surface area (Å²) in [6, 6.07) is 2.83. The monoisotopic (exact) mass is 346 g/mol. The topological polar surface area (TPSA) is 57.7 Å². The molecule has 2 heterocycles. The van der Waals surface area contributed by atoms with E-state index in [4.69, 9.17) is 0 Å². The van der Waals surface area contributed by atoms with Crippen molar-refractivity contribution in [1.29, 1.82) is 0 Å². The van der Waals surface area contributed by atoms with Gasteiger partial charge in [-0.15, -0.1) is 0 Å². The van der Waals surface area contributed by atoms with Gasteiger partial charge in [0.25, 0.3) is 5.91 Å². The second-order valence-electron chi connectivity index (χ2n) is 6.66. The van der Waals surface area contributed by atoms with Gasteiger partial charge in [0.05, 0.1) is 17.9 Å². The van der Waals surface area contributed by atoms with Crippen LogP contribution in [0.4, 0.5) is 8.78 Å². The Hall–Kier alpha value is -2.57. The number of allylic oxidation sites excluding steroid dienone is 2. The lowest BCUT2D eigenvalue weighted by atomic mass is 9.85. The van der Waals surface area contributed by atoms with Crippen LogP contribution in [0.2, 0.25) is 0 Å². The van der Waals surface area contributed by atoms with Crippen LogP contribution < -0.4 is 0 Å². The zero-order valence-electron chi connectivity index (χ0n) is 13.3. The highest BCUT2D eigenvalue weighted by Gasteiger charge is 2.52. The van der Waals surface area contributed by atoms with Crippen molar-refractivity contribution in [2.45, 2.75) is 18.9 Å². The van der Waals surface area contributed by atoms with E-state index in [0.717, 1.165) is 12.1 Å². The molecule has 7 heteroatoms. The van der Waals surface area contributed by atoms with Gasteiger partial charge in [0.15, 0.2) is 0 Å². The highest BCUT2D eigenvalue weighted by Crippen LogP contribution is 2.37. The number of carbonyl (C=O) groups is 3. The molecule has 2 atom stereocenters. The summed E-state index contributed by atoms with van der Waals surface area (Å²) in [4.78, 5) is 39.8. The Labute approximate surface area is 142 Å². The molecule has 4 rings (SSSR count). The third-order valence-electron chi connectivity index (χ3n) is 5.23. The summed E-state index contributed by atoms with van der Waals surface area (Å²) in [5.41, 5.74) is -0.599. The summed E-state index contributed by atoms with van der Waals surface area (Å²) in [6.45, 7) is 0.216. The third-order valence-corrected chi connectivity index (χ3v) is 5.23. The van der Waals surface area contributed by atoms with Gasteiger partial charge in [0.1, 0.15) is 17.2 Å². The van der Waals surface area contributed by atoms with Crippen LogP contribution in [0, 0.1) is 23.5 Å². The molecule has 1 aromatic carbocycles. The van der Waals surface area contributed by atoms with Crippen molar-refractivity contribution >= 4 is 17.7 Å². The van der Waals surface area contributed by atoms with Crippen LogP contribution >= 0.6 is 0 Å². The number of rotatable bonds is 2. The molecule has 0 bridgehead atoms. The molecule has 0 saturated carbocycles. The third kappa shape index (κ3) is 2.37. The van der Waals surface area contributed by atoms with Gasteiger partial charge in [-0.05, 0) is 25.0 Å². The number of likely N-dealkylation sites (tertiary alicyclic amines) is 2. The van der Waals surface area contributed by atoms with Crippen molar-refractivity contribution in [1.82, 2.24) is 9.80 Å². The quantitative estimate of drug-likeness (QED) is 0.605. The lowest BCUT2D eigenvalue weighted by Gasteiger charge is -2.43. The summed E-state index contributed by atoms with van der Waals surface area (Å²) >= 11 is 0. The Bertz CT molecular complexity index is 755. The first-order chi connectivity index (χ1) is 12.0. The van der Waals surface area contributed by atoms with Crippen LogP contribution in [0.3, 0.4) is 0 Å². The number of amides is 3. The van der Waals surface area contributed by atoms with Crippen LogP contribution in [0.1, 0.15) is 23.2 Å². The normalized spacial score (nSPS) is 26.0. The van der Waals surface area contributed by atoms with Gasteiger partial charge < -0.3 is 4.90 Å². The molecule has 0 radical (unpaired) electrons. The number of hydrogen-bond acceptors (Lipinski definition) is 3. The number of fused-ring (bicyclic) bond motifs is 1. The van der Waals surface area contributed by atoms with Crippen molar-refractivity contribution < 1.29 is 23.2 Å². The number of hydrogen-bond donors (Lipinski definition) is 0. The van der Waals surface area contributed by atoms with Crippen molar-refractivity contribution in [3.63, 3.8) is 0 Å². The Morgan fingerprint density at radius 1 is 0.960 bits per heavy atom. The van der Waals surface area contributed by atoms with Gasteiger partial charge in [-0.2, -0.15) is 0 Å². The van der Waals surface area contributed by atoms with E-state index in [1.54, 1.807) is 0 Å². The van der Waals surface area contributed by atoms with Gasteiger partial charge in [-0.25, -0.2) is 8.78 Å². The number of halogens is 2. The van der Waals surface area contributed by atoms with Gasteiger partial charge in [0, 0.05) is 13.1 Å². The summed E-state index contributed by atoms with van der Waals surface area (Å²) in [6.07, 6.45) is 4.93. The van der Waals surface area contributed by atoms with E-state index >= 15 is 0 Å². The SMILES string of the molecule is O=C(c1c(F)cccc1F)N1CC(N2C(=O)C3CC=CCC3C2=O)C1. The predicted molar refractivity (Wildman–Crippen MR) is 83.3 cm³/mol. The van der Waals surface area contributed by atoms with Crippen molar-refractivity contribution in [3.05, 3.63) is 47.5 Å². The maximum absolute atomic E-state index is 13.7. The van der Waals surface area contributed by atoms with Gasteiger partial charge in [-0.1, -0.05) is 18.2 Å². The maximum atomic E-state index is 13.7. The van der Waals surface area contributed by atoms with E-state index in [0.29, 0.717) is 12.8 Å². The van der Waals surface area contributed by atoms with E-state index in [-0.39, 0.29) is 36.7 Å². The van der Waals surface area contributed by atoms with E-state index in [1.807, 2.05) is 12.2 Å². The molecule has 0 N–H and O–H groups in total. The minimum atomic E-state index is -0.918. The zero-order valence-corrected chi connectivity index (χ0v) is 13.3. The summed E-state index contributed by atoms with van der Waals surface area (Å²) in [7, 11) is 0. The number of benzene rings is 1. The molecule has 0 spiro atoms. The molecule has 130 valence electrons. The molecule has 2 unspecified atom stereocenters. The second kappa shape index (κ2) is 5.75. The number of carbonyl (C=O) groups excluding carboxylic acids is 3. The number of imide groups is 1. The lowest BCUT2D eigenvalue weighted by molar-refractivity contribution is -0.145. The molecule has 2 saturated heterocycles. The van der Waals surface area contributed by atoms with Crippen molar-refractivity contribution in [3.8, 4) is 0 Å². The molecule has 0 aromatic heterocycles. The van der Waals surface area contributed by atoms with Crippen LogP contribution in [-0.4, -0.2) is 46.7 Å². The largest absolute Gasteiger partial charge is 0.334 e. The van der Waals surface area contributed by atoms with Crippen molar-refractivity contribution in [2.75, 3.05) is 13.1 Å². The fraction of sp³-hybridized carbons (Fsp3) is 0.389. The molecule has 3 amide bonds. The molecule has 25 heavy (non-hydrogen) atoms. The Kier molecular flexibility index (Phi) is 3.67. The molecule has 2 aliphatic heterocycles. The van der Waals surface area contributed by atoms with E-state index in [2.05, 4.69) is 0 Å². The van der Waals surface area contributed by atoms with Crippen LogP contribution in [0.5, 0.6) is 0 Å². The first kappa shape index (κ1) is 15.9. The Morgan fingerprint density at radius 3 is 2.00 bits per heavy atom. The lowest BCUT2D eigenvalue weighted by Crippen LogP contribution is -2.62. The molecule has 5 nitrogen and oxygen atoms in total. The molecule has 2 fully saturated rings. The molecule has 1 aliphatic carbocycles. The van der Waals surface area contributed by atoms with Gasteiger partial charge in [-0.3, -0.25) is 19.3 Å². The Morgan fingerprint density at radius 2 is 1.48 bits per heavy atom. The first-order valence-corrected chi connectivity index (χ1v) is 8.24. The standard InChI is InChI=1S/C18H16F2N2O3/c19-13-6-3-7-14(20)15(13)18(25)21-8-10(9-21)22-16(23)11-4-1-2-5-12(11)17(22)24/h1-3,6-7,10-12H,4-5,8-9H2. The Balaban J connectivity index is 1.47. The van der Waals surface area contributed by atoms with Crippen LogP contribution in [-0.2, 0) is 9.59 Å². The zero-order chi connectivity index (χ0) is 17.7. The molecular weight excluding hydrogens is 330 g/mol. The van der Waals surface area contributed by atoms with E-state index in [1.165, 1.54) is 15.9 Å². The van der Waals surface area contributed by atoms with E-state index < -0.39 is 29.1 Å². The summed E-state index contributed by atoms with van der Waals surface area (Å²) < 4.78 is 27.5. The van der Waals surface area contributed by atoms with Crippen molar-refractivity contribution in [2.24, 2.45) is 11.8 Å². The molecule has 1 aromatic rings. The average molecular weight is 346 g/mol. The van der Waals surface area contributed by atoms with Crippen LogP contribution in [0.25, 0.3) is 0 Å². The summed E-state index contributed by atoms with van der Waals surface area (Å²) in [5.74, 6) is -3.62. The van der Waals surface area contributed by atoms with E-state index in [9.17, 15) is 23.2 Å². The highest BCUT2D eigenvalue weighted by molar-refractivity contribution is 6.06. The minimum absolute atomic E-state index is 0.108. The second-order valence-corrected chi connectivity index (χ2v) is 6.66. The fourth-order valence-corrected chi connectivity index (χ4v) is 3.83. The first-order valence-electron chi connectivity index (χ1n) is 8.24. The van der Waals surface area contributed by atoms with Gasteiger partial charge in [0.2, 0.25) is 11.8 Å². The average Bonchev–Trinajstić information content (AvgIpc) is 2.79. The molecular formula is C18H16F2N2O3. The molecule has 3 aliphatic rings. The minimum Gasteiger partial charge on any atom is -0.334 e. The fourth-order valence-electron chi connectivity index (χ4n) is 3.83. The highest BCUT2D eigenvalue weighted by atomic mass is 19.1. The van der Waals surface area contributed by atoms with Crippen LogP contribution in [0.15, 0.2) is 30.4 Å².